The highest BCUT2D eigenvalue weighted by molar-refractivity contribution is 5.80. The van der Waals surface area contributed by atoms with Gasteiger partial charge in [0.1, 0.15) is 0 Å². The fourth-order valence-corrected chi connectivity index (χ4v) is 0.456. The number of hydrogen-bond acceptors (Lipinski definition) is 4. The van der Waals surface area contributed by atoms with Gasteiger partial charge in [0.25, 0.3) is 0 Å². The number of methoxy groups -OCH3 is 1. The lowest BCUT2D eigenvalue weighted by Gasteiger charge is -2.16. The Bertz CT molecular complexity index is 199. The summed E-state index contributed by atoms with van der Waals surface area (Å²) in [6, 6.07) is 0. The highest BCUT2D eigenvalue weighted by atomic mass is 16.5. The number of azide groups is 1. The Kier molecular flexibility index (Phi) is 3.36. The predicted octanol–water partition coefficient (Wildman–Crippen LogP) is 0.221. The van der Waals surface area contributed by atoms with E-state index in [0.29, 0.717) is 0 Å². The Hall–Kier alpha value is -1.26. The molecule has 6 nitrogen and oxygen atoms in total. The van der Waals surface area contributed by atoms with Crippen LogP contribution < -0.4 is 0 Å². The number of aliphatic hydroxyl groups is 1. The standard InChI is InChI=1S/C5H9N3O3/c1-5(3-9,7-8-6)4(10)11-2/h9H,3H2,1-2H3/t5-/m0/s1. The van der Waals surface area contributed by atoms with Crippen molar-refractivity contribution in [3.63, 3.8) is 0 Å². The SMILES string of the molecule is COC(=O)[C@](C)(CO)N=[N+]=[N-]. The van der Waals surface area contributed by atoms with E-state index in [1.165, 1.54) is 6.92 Å². The molecule has 0 radical (unpaired) electrons. The van der Waals surface area contributed by atoms with Crippen LogP contribution in [0.4, 0.5) is 0 Å². The summed E-state index contributed by atoms with van der Waals surface area (Å²) in [6.45, 7) is 0.724. The number of rotatable bonds is 3. The fraction of sp³-hybridized carbons (Fsp3) is 0.800. The first-order valence-corrected chi connectivity index (χ1v) is 2.86. The van der Waals surface area contributed by atoms with Crippen LogP contribution >= 0.6 is 0 Å². The summed E-state index contributed by atoms with van der Waals surface area (Å²) in [5.41, 5.74) is 6.52. The normalized spacial score (nSPS) is 14.5. The number of esters is 1. The molecule has 0 aliphatic heterocycles. The molecule has 62 valence electrons. The zero-order valence-corrected chi connectivity index (χ0v) is 6.31. The van der Waals surface area contributed by atoms with Gasteiger partial charge in [0.05, 0.1) is 13.7 Å². The third-order valence-corrected chi connectivity index (χ3v) is 1.20. The molecule has 0 aliphatic rings. The third-order valence-electron chi connectivity index (χ3n) is 1.20. The van der Waals surface area contributed by atoms with Crippen molar-refractivity contribution in [3.05, 3.63) is 10.4 Å². The van der Waals surface area contributed by atoms with Crippen LogP contribution in [0.1, 0.15) is 6.92 Å². The van der Waals surface area contributed by atoms with Gasteiger partial charge in [0, 0.05) is 4.91 Å². The Morgan fingerprint density at radius 1 is 1.91 bits per heavy atom. The molecule has 0 fully saturated rings. The monoisotopic (exact) mass is 159 g/mol. The second-order valence-corrected chi connectivity index (χ2v) is 2.11. The van der Waals surface area contributed by atoms with E-state index in [2.05, 4.69) is 14.8 Å². The molecule has 1 atom stereocenters. The van der Waals surface area contributed by atoms with Crippen LogP contribution in [0.3, 0.4) is 0 Å². The fourth-order valence-electron chi connectivity index (χ4n) is 0.456. The number of carbonyl (C=O) groups excluding carboxylic acids is 1. The molecule has 0 amide bonds. The Labute approximate surface area is 63.4 Å². The first-order valence-electron chi connectivity index (χ1n) is 2.86. The molecule has 0 bridgehead atoms. The van der Waals surface area contributed by atoms with Crippen LogP contribution in [0, 0.1) is 0 Å². The molecule has 0 rings (SSSR count). The van der Waals surface area contributed by atoms with E-state index in [1.807, 2.05) is 0 Å². The summed E-state index contributed by atoms with van der Waals surface area (Å²) in [6.07, 6.45) is 0. The molecule has 0 spiro atoms. The second-order valence-electron chi connectivity index (χ2n) is 2.11. The zero-order chi connectivity index (χ0) is 8.91. The third kappa shape index (κ3) is 2.10. The lowest BCUT2D eigenvalue weighted by molar-refractivity contribution is -0.147. The second kappa shape index (κ2) is 3.80. The average Bonchev–Trinajstić information content (AvgIpc) is 2.03. The smallest absolute Gasteiger partial charge is 0.319 e. The largest absolute Gasteiger partial charge is 0.468 e. The van der Waals surface area contributed by atoms with Gasteiger partial charge < -0.3 is 9.84 Å². The minimum atomic E-state index is -1.50. The molecule has 0 saturated heterocycles. The van der Waals surface area contributed by atoms with E-state index in [9.17, 15) is 4.79 Å². The van der Waals surface area contributed by atoms with Gasteiger partial charge in [-0.05, 0) is 12.5 Å². The predicted molar refractivity (Wildman–Crippen MR) is 36.7 cm³/mol. The number of hydrogen-bond donors (Lipinski definition) is 1. The van der Waals surface area contributed by atoms with Gasteiger partial charge in [-0.2, -0.15) is 0 Å². The van der Waals surface area contributed by atoms with Gasteiger partial charge in [-0.3, -0.25) is 4.79 Å². The molecule has 0 aliphatic carbocycles. The van der Waals surface area contributed by atoms with Gasteiger partial charge >= 0.3 is 5.97 Å². The van der Waals surface area contributed by atoms with Crippen molar-refractivity contribution in [3.8, 4) is 0 Å². The summed E-state index contributed by atoms with van der Waals surface area (Å²) in [4.78, 5) is 13.2. The summed E-state index contributed by atoms with van der Waals surface area (Å²) < 4.78 is 4.30. The molecule has 0 heterocycles. The number of aliphatic hydroxyl groups excluding tert-OH is 1. The summed E-state index contributed by atoms with van der Waals surface area (Å²) >= 11 is 0. The molecule has 0 unspecified atom stereocenters. The van der Waals surface area contributed by atoms with Gasteiger partial charge in [0.2, 0.25) is 0 Å². The van der Waals surface area contributed by atoms with Crippen LogP contribution in [0.15, 0.2) is 5.11 Å². The maximum absolute atomic E-state index is 10.8. The van der Waals surface area contributed by atoms with E-state index in [0.717, 1.165) is 7.11 Å². The molecule has 0 aromatic carbocycles. The van der Waals surface area contributed by atoms with Crippen LogP contribution in [0.25, 0.3) is 10.4 Å². The highest BCUT2D eigenvalue weighted by Crippen LogP contribution is 2.10. The quantitative estimate of drug-likeness (QED) is 0.276. The van der Waals surface area contributed by atoms with Crippen LogP contribution in [0.5, 0.6) is 0 Å². The van der Waals surface area contributed by atoms with E-state index in [1.54, 1.807) is 0 Å². The topological polar surface area (TPSA) is 95.3 Å². The summed E-state index contributed by atoms with van der Waals surface area (Å²) in [5.74, 6) is -0.752. The molecule has 6 heteroatoms. The van der Waals surface area contributed by atoms with Crippen LogP contribution in [-0.4, -0.2) is 30.3 Å². The molecule has 1 N–H and O–H groups in total. The van der Waals surface area contributed by atoms with Gasteiger partial charge in [-0.1, -0.05) is 5.11 Å². The minimum Gasteiger partial charge on any atom is -0.468 e. The highest BCUT2D eigenvalue weighted by Gasteiger charge is 2.32. The molecular weight excluding hydrogens is 150 g/mol. The van der Waals surface area contributed by atoms with Crippen molar-refractivity contribution < 1.29 is 14.6 Å². The maximum Gasteiger partial charge on any atom is 0.319 e. The minimum absolute atomic E-state index is 0.566. The lowest BCUT2D eigenvalue weighted by Crippen LogP contribution is -2.37. The van der Waals surface area contributed by atoms with Gasteiger partial charge in [-0.25, -0.2) is 0 Å². The number of carbonyl (C=O) groups is 1. The van der Waals surface area contributed by atoms with Crippen molar-refractivity contribution in [2.24, 2.45) is 5.11 Å². The molecule has 0 saturated carbocycles. The van der Waals surface area contributed by atoms with Gasteiger partial charge in [0.15, 0.2) is 5.54 Å². The Balaban J connectivity index is 4.58. The van der Waals surface area contributed by atoms with Crippen molar-refractivity contribution in [1.82, 2.24) is 0 Å². The van der Waals surface area contributed by atoms with Crippen molar-refractivity contribution >= 4 is 5.97 Å². The van der Waals surface area contributed by atoms with E-state index in [4.69, 9.17) is 10.6 Å². The van der Waals surface area contributed by atoms with E-state index in [-0.39, 0.29) is 0 Å². The average molecular weight is 159 g/mol. The molecular formula is C5H9N3O3. The molecule has 0 aromatic rings. The van der Waals surface area contributed by atoms with Crippen LogP contribution in [-0.2, 0) is 9.53 Å². The summed E-state index contributed by atoms with van der Waals surface area (Å²) in [5, 5.41) is 11.8. The first-order chi connectivity index (χ1) is 5.10. The number of nitrogens with zero attached hydrogens (tertiary/aromatic N) is 3. The lowest BCUT2D eigenvalue weighted by atomic mass is 10.1. The summed E-state index contributed by atoms with van der Waals surface area (Å²) in [7, 11) is 1.16. The maximum atomic E-state index is 10.8. The van der Waals surface area contributed by atoms with E-state index >= 15 is 0 Å². The Morgan fingerprint density at radius 2 is 2.45 bits per heavy atom. The Morgan fingerprint density at radius 3 is 2.73 bits per heavy atom. The molecule has 0 aromatic heterocycles. The van der Waals surface area contributed by atoms with Crippen molar-refractivity contribution in [2.45, 2.75) is 12.5 Å². The zero-order valence-electron chi connectivity index (χ0n) is 6.31. The molecule has 11 heavy (non-hydrogen) atoms. The van der Waals surface area contributed by atoms with Gasteiger partial charge in [-0.15, -0.1) is 0 Å². The van der Waals surface area contributed by atoms with Crippen molar-refractivity contribution in [2.75, 3.05) is 13.7 Å². The van der Waals surface area contributed by atoms with E-state index < -0.39 is 18.1 Å². The first kappa shape index (κ1) is 9.74. The van der Waals surface area contributed by atoms with Crippen molar-refractivity contribution in [1.29, 1.82) is 0 Å². The number of ether oxygens (including phenoxy) is 1. The van der Waals surface area contributed by atoms with Crippen LogP contribution in [0.2, 0.25) is 0 Å².